The second kappa shape index (κ2) is 7.57. The van der Waals surface area contributed by atoms with Crippen LogP contribution >= 0.6 is 0 Å². The van der Waals surface area contributed by atoms with Gasteiger partial charge in [-0.05, 0) is 42.5 Å². The fraction of sp³-hybridized carbons (Fsp3) is 0.167. The molecule has 1 heterocycles. The molecule has 0 aliphatic heterocycles. The van der Waals surface area contributed by atoms with E-state index in [0.29, 0.717) is 41.6 Å². The minimum Gasteiger partial charge on any atom is -0.497 e. The lowest BCUT2D eigenvalue weighted by Crippen LogP contribution is -2.25. The number of benzene rings is 2. The number of hydrogen-bond donors (Lipinski definition) is 1. The zero-order valence-corrected chi connectivity index (χ0v) is 13.5. The Hall–Kier alpha value is -3.22. The van der Waals surface area contributed by atoms with Crippen molar-refractivity contribution in [3.63, 3.8) is 0 Å². The van der Waals surface area contributed by atoms with E-state index in [2.05, 4.69) is 15.5 Å². The van der Waals surface area contributed by atoms with Crippen LogP contribution < -0.4 is 10.1 Å². The van der Waals surface area contributed by atoms with Gasteiger partial charge in [-0.3, -0.25) is 4.79 Å². The number of nitrogens with one attached hydrogen (secondary N) is 1. The van der Waals surface area contributed by atoms with Gasteiger partial charge in [0.25, 0.3) is 5.91 Å². The summed E-state index contributed by atoms with van der Waals surface area (Å²) in [7, 11) is 1.55. The van der Waals surface area contributed by atoms with Crippen molar-refractivity contribution in [2.45, 2.75) is 6.42 Å². The van der Waals surface area contributed by atoms with Gasteiger partial charge in [0, 0.05) is 24.1 Å². The number of carbonyl (C=O) groups is 1. The molecule has 2 aromatic carbocycles. The van der Waals surface area contributed by atoms with Gasteiger partial charge < -0.3 is 14.5 Å². The number of halogens is 1. The van der Waals surface area contributed by atoms with Crippen molar-refractivity contribution in [2.75, 3.05) is 13.7 Å². The fourth-order valence-electron chi connectivity index (χ4n) is 2.21. The summed E-state index contributed by atoms with van der Waals surface area (Å²) in [5.41, 5.74) is 1.15. The van der Waals surface area contributed by atoms with E-state index in [1.54, 1.807) is 43.5 Å². The van der Waals surface area contributed by atoms with Crippen molar-refractivity contribution in [3.05, 3.63) is 65.8 Å². The number of hydrogen-bond acceptors (Lipinski definition) is 5. The molecule has 0 atom stereocenters. The largest absolute Gasteiger partial charge is 0.497 e. The van der Waals surface area contributed by atoms with Gasteiger partial charge >= 0.3 is 0 Å². The van der Waals surface area contributed by atoms with Crippen LogP contribution in [0.4, 0.5) is 4.39 Å². The summed E-state index contributed by atoms with van der Waals surface area (Å²) in [5, 5.41) is 10.6. The van der Waals surface area contributed by atoms with Crippen LogP contribution in [0.1, 0.15) is 16.2 Å². The Morgan fingerprint density at radius 2 is 2.00 bits per heavy atom. The molecule has 25 heavy (non-hydrogen) atoms. The molecule has 7 heteroatoms. The van der Waals surface area contributed by atoms with E-state index < -0.39 is 0 Å². The quantitative estimate of drug-likeness (QED) is 0.746. The molecule has 0 radical (unpaired) electrons. The van der Waals surface area contributed by atoms with Crippen LogP contribution in [0.25, 0.3) is 11.5 Å². The summed E-state index contributed by atoms with van der Waals surface area (Å²) in [5.74, 6) is 0.786. The normalized spacial score (nSPS) is 10.5. The minimum absolute atomic E-state index is 0.211. The van der Waals surface area contributed by atoms with Gasteiger partial charge in [-0.2, -0.15) is 0 Å². The second-order valence-corrected chi connectivity index (χ2v) is 5.25. The first-order valence-corrected chi connectivity index (χ1v) is 7.66. The standard InChI is InChI=1S/C18H16FN3O3/c1-24-15-4-2-3-13(11-15)17(23)20-10-9-16-21-22-18(25-16)12-5-7-14(19)8-6-12/h2-8,11H,9-10H2,1H3,(H,20,23). The lowest BCUT2D eigenvalue weighted by molar-refractivity contribution is 0.0953. The van der Waals surface area contributed by atoms with E-state index in [1.807, 2.05) is 0 Å². The molecule has 128 valence electrons. The van der Waals surface area contributed by atoms with Crippen molar-refractivity contribution in [3.8, 4) is 17.2 Å². The van der Waals surface area contributed by atoms with Gasteiger partial charge in [-0.1, -0.05) is 6.07 Å². The molecule has 0 fully saturated rings. The molecule has 0 unspecified atom stereocenters. The molecule has 1 aromatic heterocycles. The van der Waals surface area contributed by atoms with Crippen molar-refractivity contribution >= 4 is 5.91 Å². The average molecular weight is 341 g/mol. The Kier molecular flexibility index (Phi) is 5.03. The summed E-state index contributed by atoms with van der Waals surface area (Å²) in [6.07, 6.45) is 0.393. The van der Waals surface area contributed by atoms with Crippen molar-refractivity contribution in [1.29, 1.82) is 0 Å². The van der Waals surface area contributed by atoms with Gasteiger partial charge in [-0.15, -0.1) is 10.2 Å². The Labute approximate surface area is 143 Å². The van der Waals surface area contributed by atoms with Gasteiger partial charge in [0.15, 0.2) is 0 Å². The minimum atomic E-state index is -0.330. The Morgan fingerprint density at radius 3 is 2.76 bits per heavy atom. The third kappa shape index (κ3) is 4.20. The lowest BCUT2D eigenvalue weighted by atomic mass is 10.2. The maximum atomic E-state index is 12.9. The fourth-order valence-corrected chi connectivity index (χ4v) is 2.21. The number of carbonyl (C=O) groups excluding carboxylic acids is 1. The molecule has 0 saturated carbocycles. The molecular formula is C18H16FN3O3. The van der Waals surface area contributed by atoms with E-state index in [-0.39, 0.29) is 11.7 Å². The second-order valence-electron chi connectivity index (χ2n) is 5.25. The molecule has 1 amide bonds. The smallest absolute Gasteiger partial charge is 0.251 e. The topological polar surface area (TPSA) is 77.2 Å². The van der Waals surface area contributed by atoms with Crippen molar-refractivity contribution < 1.29 is 18.3 Å². The summed E-state index contributed by atoms with van der Waals surface area (Å²) >= 11 is 0. The van der Waals surface area contributed by atoms with E-state index in [1.165, 1.54) is 12.1 Å². The third-order valence-electron chi connectivity index (χ3n) is 3.51. The molecule has 0 saturated heterocycles. The average Bonchev–Trinajstić information content (AvgIpc) is 3.11. The van der Waals surface area contributed by atoms with Crippen LogP contribution in [0, 0.1) is 5.82 Å². The molecule has 0 aliphatic carbocycles. The monoisotopic (exact) mass is 341 g/mol. The molecular weight excluding hydrogens is 325 g/mol. The number of ether oxygens (including phenoxy) is 1. The highest BCUT2D eigenvalue weighted by Gasteiger charge is 2.10. The molecule has 0 aliphatic rings. The molecule has 1 N–H and O–H groups in total. The maximum absolute atomic E-state index is 12.9. The first-order chi connectivity index (χ1) is 12.2. The predicted molar refractivity (Wildman–Crippen MR) is 88.7 cm³/mol. The summed E-state index contributed by atoms with van der Waals surface area (Å²) < 4.78 is 23.5. The molecule has 3 rings (SSSR count). The van der Waals surface area contributed by atoms with E-state index in [4.69, 9.17) is 9.15 Å². The van der Waals surface area contributed by atoms with Gasteiger partial charge in [-0.25, -0.2) is 4.39 Å². The highest BCUT2D eigenvalue weighted by atomic mass is 19.1. The highest BCUT2D eigenvalue weighted by molar-refractivity contribution is 5.94. The van der Waals surface area contributed by atoms with Gasteiger partial charge in [0.05, 0.1) is 7.11 Å². The molecule has 3 aromatic rings. The van der Waals surface area contributed by atoms with Gasteiger partial charge in [0.2, 0.25) is 11.8 Å². The number of methoxy groups -OCH3 is 1. The number of nitrogens with zero attached hydrogens (tertiary/aromatic N) is 2. The van der Waals surface area contributed by atoms with Gasteiger partial charge in [0.1, 0.15) is 11.6 Å². The van der Waals surface area contributed by atoms with Crippen LogP contribution in [0.15, 0.2) is 52.9 Å². The molecule has 0 bridgehead atoms. The van der Waals surface area contributed by atoms with E-state index in [0.717, 1.165) is 0 Å². The lowest BCUT2D eigenvalue weighted by Gasteiger charge is -2.05. The van der Waals surface area contributed by atoms with Crippen molar-refractivity contribution in [2.24, 2.45) is 0 Å². The van der Waals surface area contributed by atoms with E-state index >= 15 is 0 Å². The zero-order chi connectivity index (χ0) is 17.6. The maximum Gasteiger partial charge on any atom is 0.251 e. The Bertz CT molecular complexity index is 862. The Balaban J connectivity index is 1.55. The number of rotatable bonds is 6. The van der Waals surface area contributed by atoms with Crippen LogP contribution in [-0.2, 0) is 6.42 Å². The van der Waals surface area contributed by atoms with Crippen LogP contribution in [0.2, 0.25) is 0 Å². The molecule has 6 nitrogen and oxygen atoms in total. The van der Waals surface area contributed by atoms with Crippen LogP contribution in [0.5, 0.6) is 5.75 Å². The SMILES string of the molecule is COc1cccc(C(=O)NCCc2nnc(-c3ccc(F)cc3)o2)c1. The van der Waals surface area contributed by atoms with Crippen LogP contribution in [0.3, 0.4) is 0 Å². The first kappa shape index (κ1) is 16.6. The summed E-state index contributed by atoms with van der Waals surface area (Å²) in [4.78, 5) is 12.1. The third-order valence-corrected chi connectivity index (χ3v) is 3.51. The van der Waals surface area contributed by atoms with Crippen LogP contribution in [-0.4, -0.2) is 29.8 Å². The Morgan fingerprint density at radius 1 is 1.20 bits per heavy atom. The summed E-state index contributed by atoms with van der Waals surface area (Å²) in [6, 6.07) is 12.7. The zero-order valence-electron chi connectivity index (χ0n) is 13.5. The molecule has 0 spiro atoms. The van der Waals surface area contributed by atoms with Crippen molar-refractivity contribution in [1.82, 2.24) is 15.5 Å². The van der Waals surface area contributed by atoms with E-state index in [9.17, 15) is 9.18 Å². The first-order valence-electron chi connectivity index (χ1n) is 7.66. The summed E-state index contributed by atoms with van der Waals surface area (Å²) in [6.45, 7) is 0.348. The number of amides is 1. The number of aromatic nitrogens is 2. The predicted octanol–water partition coefficient (Wildman–Crippen LogP) is 2.86. The highest BCUT2D eigenvalue weighted by Crippen LogP contribution is 2.18.